The molecule has 0 radical (unpaired) electrons. The summed E-state index contributed by atoms with van der Waals surface area (Å²) < 4.78 is 5.88. The number of ether oxygens (including phenoxy) is 1. The summed E-state index contributed by atoms with van der Waals surface area (Å²) >= 11 is 0. The van der Waals surface area contributed by atoms with Gasteiger partial charge >= 0.3 is 0 Å². The highest BCUT2D eigenvalue weighted by molar-refractivity contribution is 5.99. The SMILES string of the molecule is CC(C)=CC(=O)Nc1ccc(Oc2c(C)cc(C)cc2C)nc1. The van der Waals surface area contributed by atoms with Crippen molar-refractivity contribution in [3.8, 4) is 11.6 Å². The van der Waals surface area contributed by atoms with E-state index in [-0.39, 0.29) is 5.91 Å². The number of hydrogen-bond acceptors (Lipinski definition) is 3. The summed E-state index contributed by atoms with van der Waals surface area (Å²) in [4.78, 5) is 15.9. The Kier molecular flexibility index (Phi) is 5.16. The van der Waals surface area contributed by atoms with Crippen LogP contribution in [0.2, 0.25) is 0 Å². The first kappa shape index (κ1) is 16.7. The molecule has 120 valence electrons. The van der Waals surface area contributed by atoms with Gasteiger partial charge in [-0.05, 0) is 51.8 Å². The van der Waals surface area contributed by atoms with Gasteiger partial charge in [0.15, 0.2) is 0 Å². The van der Waals surface area contributed by atoms with Gasteiger partial charge in [-0.1, -0.05) is 23.3 Å². The predicted octanol–water partition coefficient (Wildman–Crippen LogP) is 4.70. The number of nitrogens with zero attached hydrogens (tertiary/aromatic N) is 1. The normalized spacial score (nSPS) is 10.1. The molecule has 4 nitrogen and oxygen atoms in total. The number of hydrogen-bond donors (Lipinski definition) is 1. The number of pyridine rings is 1. The molecule has 0 fully saturated rings. The topological polar surface area (TPSA) is 51.2 Å². The molecule has 0 unspecified atom stereocenters. The zero-order valence-corrected chi connectivity index (χ0v) is 14.2. The van der Waals surface area contributed by atoms with Crippen molar-refractivity contribution in [2.75, 3.05) is 5.32 Å². The summed E-state index contributed by atoms with van der Waals surface area (Å²) in [5.74, 6) is 1.16. The van der Waals surface area contributed by atoms with Crippen molar-refractivity contribution in [2.24, 2.45) is 0 Å². The summed E-state index contributed by atoms with van der Waals surface area (Å²) in [6.07, 6.45) is 3.13. The smallest absolute Gasteiger partial charge is 0.248 e. The fourth-order valence-corrected chi connectivity index (χ4v) is 2.39. The Bertz CT molecular complexity index is 719. The van der Waals surface area contributed by atoms with Gasteiger partial charge in [0.25, 0.3) is 0 Å². The Morgan fingerprint density at radius 1 is 1.13 bits per heavy atom. The summed E-state index contributed by atoms with van der Waals surface area (Å²) in [7, 11) is 0. The molecular weight excluding hydrogens is 288 g/mol. The van der Waals surface area contributed by atoms with Crippen molar-refractivity contribution in [1.29, 1.82) is 0 Å². The van der Waals surface area contributed by atoms with Crippen molar-refractivity contribution in [3.63, 3.8) is 0 Å². The molecule has 4 heteroatoms. The van der Waals surface area contributed by atoms with Crippen molar-refractivity contribution in [2.45, 2.75) is 34.6 Å². The molecule has 2 aromatic rings. The van der Waals surface area contributed by atoms with E-state index in [2.05, 4.69) is 29.4 Å². The van der Waals surface area contributed by atoms with Crippen molar-refractivity contribution >= 4 is 11.6 Å². The molecule has 0 aliphatic rings. The number of allylic oxidation sites excluding steroid dienone is 1. The maximum atomic E-state index is 11.7. The molecule has 0 atom stereocenters. The van der Waals surface area contributed by atoms with Crippen LogP contribution >= 0.6 is 0 Å². The Morgan fingerprint density at radius 2 is 1.78 bits per heavy atom. The van der Waals surface area contributed by atoms with Gasteiger partial charge in [0.2, 0.25) is 11.8 Å². The molecule has 2 rings (SSSR count). The lowest BCUT2D eigenvalue weighted by Crippen LogP contribution is -2.08. The van der Waals surface area contributed by atoms with Crippen LogP contribution < -0.4 is 10.1 Å². The number of anilines is 1. The fourth-order valence-electron chi connectivity index (χ4n) is 2.39. The minimum absolute atomic E-state index is 0.161. The Balaban J connectivity index is 2.12. The summed E-state index contributed by atoms with van der Waals surface area (Å²) in [5, 5.41) is 2.76. The van der Waals surface area contributed by atoms with E-state index in [1.165, 1.54) is 5.56 Å². The molecule has 1 heterocycles. The molecule has 23 heavy (non-hydrogen) atoms. The molecule has 1 aromatic carbocycles. The van der Waals surface area contributed by atoms with E-state index in [1.54, 1.807) is 24.4 Å². The van der Waals surface area contributed by atoms with E-state index in [9.17, 15) is 4.79 Å². The molecule has 0 aliphatic heterocycles. The van der Waals surface area contributed by atoms with Crippen LogP contribution in [0.15, 0.2) is 42.1 Å². The molecule has 0 aliphatic carbocycles. The van der Waals surface area contributed by atoms with Crippen LogP contribution in [0.3, 0.4) is 0 Å². The Labute approximate surface area is 137 Å². The van der Waals surface area contributed by atoms with Gasteiger partial charge in [0, 0.05) is 12.1 Å². The molecule has 0 saturated carbocycles. The van der Waals surface area contributed by atoms with Gasteiger partial charge in [0.1, 0.15) is 5.75 Å². The summed E-state index contributed by atoms with van der Waals surface area (Å²) in [6.45, 7) is 9.85. The Morgan fingerprint density at radius 3 is 2.30 bits per heavy atom. The van der Waals surface area contributed by atoms with Crippen LogP contribution in [0.5, 0.6) is 11.6 Å². The number of aromatic nitrogens is 1. The van der Waals surface area contributed by atoms with Crippen LogP contribution in [-0.4, -0.2) is 10.9 Å². The van der Waals surface area contributed by atoms with E-state index in [0.717, 1.165) is 22.4 Å². The minimum Gasteiger partial charge on any atom is -0.438 e. The molecular formula is C19H22N2O2. The number of aryl methyl sites for hydroxylation is 3. The number of amides is 1. The zero-order valence-electron chi connectivity index (χ0n) is 14.2. The van der Waals surface area contributed by atoms with E-state index in [4.69, 9.17) is 4.74 Å². The van der Waals surface area contributed by atoms with Gasteiger partial charge in [-0.3, -0.25) is 4.79 Å². The molecule has 1 aromatic heterocycles. The second-order valence-corrected chi connectivity index (χ2v) is 5.93. The third-order valence-corrected chi connectivity index (χ3v) is 3.23. The van der Waals surface area contributed by atoms with E-state index in [1.807, 2.05) is 27.7 Å². The molecule has 1 amide bonds. The maximum Gasteiger partial charge on any atom is 0.248 e. The zero-order chi connectivity index (χ0) is 17.0. The lowest BCUT2D eigenvalue weighted by molar-refractivity contribution is -0.111. The number of nitrogens with one attached hydrogen (secondary N) is 1. The number of rotatable bonds is 4. The third-order valence-electron chi connectivity index (χ3n) is 3.23. The van der Waals surface area contributed by atoms with Crippen LogP contribution in [-0.2, 0) is 4.79 Å². The van der Waals surface area contributed by atoms with E-state index in [0.29, 0.717) is 11.6 Å². The van der Waals surface area contributed by atoms with Crippen molar-refractivity contribution < 1.29 is 9.53 Å². The summed E-state index contributed by atoms with van der Waals surface area (Å²) in [6, 6.07) is 7.68. The molecule has 0 bridgehead atoms. The largest absolute Gasteiger partial charge is 0.438 e. The highest BCUT2D eigenvalue weighted by atomic mass is 16.5. The number of carbonyl (C=O) groups excluding carboxylic acids is 1. The lowest BCUT2D eigenvalue weighted by atomic mass is 10.1. The van der Waals surface area contributed by atoms with Crippen LogP contribution in [0, 0.1) is 20.8 Å². The fraction of sp³-hybridized carbons (Fsp3) is 0.263. The Hall–Kier alpha value is -2.62. The van der Waals surface area contributed by atoms with Gasteiger partial charge in [0.05, 0.1) is 11.9 Å². The van der Waals surface area contributed by atoms with Gasteiger partial charge in [-0.15, -0.1) is 0 Å². The number of carbonyl (C=O) groups is 1. The lowest BCUT2D eigenvalue weighted by Gasteiger charge is -2.12. The first-order valence-electron chi connectivity index (χ1n) is 7.53. The van der Waals surface area contributed by atoms with Gasteiger partial charge < -0.3 is 10.1 Å². The van der Waals surface area contributed by atoms with Gasteiger partial charge in [-0.2, -0.15) is 0 Å². The van der Waals surface area contributed by atoms with Crippen LogP contribution in [0.4, 0.5) is 5.69 Å². The first-order valence-corrected chi connectivity index (χ1v) is 7.53. The summed E-state index contributed by atoms with van der Waals surface area (Å²) in [5.41, 5.74) is 4.94. The van der Waals surface area contributed by atoms with E-state index >= 15 is 0 Å². The highest BCUT2D eigenvalue weighted by Gasteiger charge is 2.08. The highest BCUT2D eigenvalue weighted by Crippen LogP contribution is 2.29. The van der Waals surface area contributed by atoms with Gasteiger partial charge in [-0.25, -0.2) is 4.98 Å². The maximum absolute atomic E-state index is 11.7. The standard InChI is InChI=1S/C19H22N2O2/c1-12(2)8-17(22)21-16-6-7-18(20-11-16)23-19-14(4)9-13(3)10-15(19)5/h6-11H,1-5H3,(H,21,22). The second-order valence-electron chi connectivity index (χ2n) is 5.93. The van der Waals surface area contributed by atoms with E-state index < -0.39 is 0 Å². The first-order chi connectivity index (χ1) is 10.8. The van der Waals surface area contributed by atoms with Crippen LogP contribution in [0.25, 0.3) is 0 Å². The van der Waals surface area contributed by atoms with Crippen molar-refractivity contribution in [3.05, 3.63) is 58.8 Å². The second kappa shape index (κ2) is 7.09. The van der Waals surface area contributed by atoms with Crippen molar-refractivity contribution in [1.82, 2.24) is 4.98 Å². The van der Waals surface area contributed by atoms with Crippen LogP contribution in [0.1, 0.15) is 30.5 Å². The quantitative estimate of drug-likeness (QED) is 0.832. The average Bonchev–Trinajstić information content (AvgIpc) is 2.43. The minimum atomic E-state index is -0.161. The molecule has 0 saturated heterocycles. The average molecular weight is 310 g/mol. The monoisotopic (exact) mass is 310 g/mol. The molecule has 1 N–H and O–H groups in total. The molecule has 0 spiro atoms. The third kappa shape index (κ3) is 4.68. The predicted molar refractivity (Wildman–Crippen MR) is 93.0 cm³/mol. The number of benzene rings is 1.